The number of anilines is 1. The van der Waals surface area contributed by atoms with Crippen molar-refractivity contribution in [2.45, 2.75) is 19.8 Å². The summed E-state index contributed by atoms with van der Waals surface area (Å²) < 4.78 is 6.84. The fraction of sp³-hybridized carbons (Fsp3) is 0.107. The molecule has 0 aliphatic rings. The summed E-state index contributed by atoms with van der Waals surface area (Å²) >= 11 is 3.43. The Morgan fingerprint density at radius 2 is 1.69 bits per heavy atom. The molecule has 5 rings (SSSR count). The highest BCUT2D eigenvalue weighted by molar-refractivity contribution is 9.10. The minimum atomic E-state index is -0.261. The van der Waals surface area contributed by atoms with E-state index in [2.05, 4.69) is 57.4 Å². The van der Waals surface area contributed by atoms with Crippen LogP contribution in [0.4, 0.5) is 5.69 Å². The zero-order chi connectivity index (χ0) is 24.4. The highest BCUT2D eigenvalue weighted by atomic mass is 79.9. The van der Waals surface area contributed by atoms with Crippen molar-refractivity contribution in [3.8, 4) is 17.0 Å². The molecule has 0 radical (unpaired) electrons. The summed E-state index contributed by atoms with van der Waals surface area (Å²) in [4.78, 5) is 14.1. The Balaban J connectivity index is 1.26. The van der Waals surface area contributed by atoms with Gasteiger partial charge in [-0.3, -0.25) is 4.79 Å². The van der Waals surface area contributed by atoms with E-state index in [-0.39, 0.29) is 5.91 Å². The van der Waals surface area contributed by atoms with Crippen LogP contribution in [0.3, 0.4) is 0 Å². The molecule has 35 heavy (non-hydrogen) atoms. The van der Waals surface area contributed by atoms with Crippen LogP contribution in [-0.2, 0) is 4.79 Å². The summed E-state index contributed by atoms with van der Waals surface area (Å²) in [5, 5.41) is 12.0. The molecule has 0 spiro atoms. The van der Waals surface area contributed by atoms with E-state index in [1.807, 2.05) is 66.7 Å². The fourth-order valence-corrected chi connectivity index (χ4v) is 3.92. The first-order chi connectivity index (χ1) is 16.9. The van der Waals surface area contributed by atoms with E-state index in [9.17, 15) is 4.79 Å². The van der Waals surface area contributed by atoms with Crippen molar-refractivity contribution in [1.29, 1.82) is 0 Å². The van der Waals surface area contributed by atoms with E-state index in [0.29, 0.717) is 22.9 Å². The molecule has 1 amide bonds. The molecule has 0 aliphatic heterocycles. The standard InChI is InChI=1S/C28H23BrN4O2/c1-18(2)19-5-10-23(11-6-19)33-31-25-14-9-22(17-26(25)32-33)30-28(34)16-13-24-12-15-27(35-24)20-3-7-21(29)8-4-20/h3-18H,1-2H3,(H,30,34)/b16-13+. The zero-order valence-corrected chi connectivity index (χ0v) is 20.9. The summed E-state index contributed by atoms with van der Waals surface area (Å²) in [6.07, 6.45) is 3.09. The highest BCUT2D eigenvalue weighted by Crippen LogP contribution is 2.25. The van der Waals surface area contributed by atoms with Crippen LogP contribution < -0.4 is 5.32 Å². The normalized spacial score (nSPS) is 11.5. The van der Waals surface area contributed by atoms with E-state index in [1.165, 1.54) is 11.6 Å². The molecule has 174 valence electrons. The number of rotatable bonds is 6. The van der Waals surface area contributed by atoms with Gasteiger partial charge in [0, 0.05) is 21.8 Å². The minimum Gasteiger partial charge on any atom is -0.457 e. The quantitative estimate of drug-likeness (QED) is 0.237. The molecule has 0 saturated carbocycles. The summed E-state index contributed by atoms with van der Waals surface area (Å²) in [6, 6.07) is 25.2. The first-order valence-electron chi connectivity index (χ1n) is 11.3. The lowest BCUT2D eigenvalue weighted by Gasteiger charge is -2.05. The van der Waals surface area contributed by atoms with Crippen LogP contribution >= 0.6 is 15.9 Å². The molecule has 0 saturated heterocycles. The maximum absolute atomic E-state index is 12.5. The van der Waals surface area contributed by atoms with Crippen molar-refractivity contribution in [2.24, 2.45) is 0 Å². The third-order valence-electron chi connectivity index (χ3n) is 5.59. The average Bonchev–Trinajstić information content (AvgIpc) is 3.50. The van der Waals surface area contributed by atoms with Crippen molar-refractivity contribution in [2.75, 3.05) is 5.32 Å². The predicted molar refractivity (Wildman–Crippen MR) is 142 cm³/mol. The number of carbonyl (C=O) groups excluding carboxylic acids is 1. The Hall–Kier alpha value is -3.97. The summed E-state index contributed by atoms with van der Waals surface area (Å²) in [6.45, 7) is 4.33. The number of benzene rings is 3. The van der Waals surface area contributed by atoms with Gasteiger partial charge < -0.3 is 9.73 Å². The van der Waals surface area contributed by atoms with Gasteiger partial charge in [0.1, 0.15) is 22.6 Å². The highest BCUT2D eigenvalue weighted by Gasteiger charge is 2.08. The molecular formula is C28H23BrN4O2. The molecule has 0 unspecified atom stereocenters. The van der Waals surface area contributed by atoms with Gasteiger partial charge >= 0.3 is 0 Å². The van der Waals surface area contributed by atoms with Crippen molar-refractivity contribution < 1.29 is 9.21 Å². The van der Waals surface area contributed by atoms with Crippen molar-refractivity contribution >= 4 is 44.6 Å². The number of aromatic nitrogens is 3. The topological polar surface area (TPSA) is 73.0 Å². The lowest BCUT2D eigenvalue weighted by molar-refractivity contribution is -0.111. The lowest BCUT2D eigenvalue weighted by atomic mass is 10.0. The lowest BCUT2D eigenvalue weighted by Crippen LogP contribution is -2.07. The largest absolute Gasteiger partial charge is 0.457 e. The number of halogens is 1. The predicted octanol–water partition coefficient (Wildman–Crippen LogP) is 7.22. The first kappa shape index (κ1) is 22.8. The Morgan fingerprint density at radius 1 is 0.943 bits per heavy atom. The van der Waals surface area contributed by atoms with E-state index >= 15 is 0 Å². The molecule has 0 fully saturated rings. The van der Waals surface area contributed by atoms with Gasteiger partial charge in [-0.05, 0) is 72.2 Å². The Bertz CT molecular complexity index is 1510. The fourth-order valence-electron chi connectivity index (χ4n) is 3.65. The van der Waals surface area contributed by atoms with Crippen LogP contribution in [0.25, 0.3) is 34.1 Å². The molecule has 0 atom stereocenters. The molecule has 1 N–H and O–H groups in total. The van der Waals surface area contributed by atoms with Gasteiger partial charge in [-0.2, -0.15) is 4.80 Å². The van der Waals surface area contributed by atoms with Crippen LogP contribution in [0, 0.1) is 0 Å². The molecule has 0 aliphatic carbocycles. The first-order valence-corrected chi connectivity index (χ1v) is 12.1. The van der Waals surface area contributed by atoms with Gasteiger partial charge in [-0.15, -0.1) is 10.2 Å². The molecular weight excluding hydrogens is 504 g/mol. The Kier molecular flexibility index (Phi) is 6.33. The molecule has 0 bridgehead atoms. The van der Waals surface area contributed by atoms with Crippen molar-refractivity contribution in [1.82, 2.24) is 15.0 Å². The van der Waals surface area contributed by atoms with Crippen LogP contribution in [0.2, 0.25) is 0 Å². The number of carbonyl (C=O) groups is 1. The van der Waals surface area contributed by atoms with E-state index in [0.717, 1.165) is 27.0 Å². The number of hydrogen-bond acceptors (Lipinski definition) is 4. The van der Waals surface area contributed by atoms with Gasteiger partial charge in [0.05, 0.1) is 5.69 Å². The summed E-state index contributed by atoms with van der Waals surface area (Å²) in [7, 11) is 0. The minimum absolute atomic E-state index is 0.261. The number of nitrogens with zero attached hydrogens (tertiary/aromatic N) is 3. The Morgan fingerprint density at radius 3 is 2.43 bits per heavy atom. The smallest absolute Gasteiger partial charge is 0.248 e. The van der Waals surface area contributed by atoms with Gasteiger partial charge in [0.15, 0.2) is 0 Å². The maximum atomic E-state index is 12.5. The SMILES string of the molecule is CC(C)c1ccc(-n2nc3ccc(NC(=O)/C=C/c4ccc(-c5ccc(Br)cc5)o4)cc3n2)cc1. The van der Waals surface area contributed by atoms with Crippen LogP contribution in [0.1, 0.15) is 31.1 Å². The zero-order valence-electron chi connectivity index (χ0n) is 19.3. The summed E-state index contributed by atoms with van der Waals surface area (Å²) in [5.41, 5.74) is 5.22. The van der Waals surface area contributed by atoms with Gasteiger partial charge in [0.25, 0.3) is 0 Å². The van der Waals surface area contributed by atoms with E-state index < -0.39 is 0 Å². The molecule has 3 aromatic carbocycles. The Labute approximate surface area is 211 Å². The second-order valence-electron chi connectivity index (χ2n) is 8.47. The van der Waals surface area contributed by atoms with Gasteiger partial charge in [-0.25, -0.2) is 0 Å². The average molecular weight is 527 g/mol. The number of nitrogens with one attached hydrogen (secondary N) is 1. The number of hydrogen-bond donors (Lipinski definition) is 1. The number of fused-ring (bicyclic) bond motifs is 1. The van der Waals surface area contributed by atoms with E-state index in [1.54, 1.807) is 10.9 Å². The van der Waals surface area contributed by atoms with Crippen molar-refractivity contribution in [3.63, 3.8) is 0 Å². The molecule has 2 heterocycles. The van der Waals surface area contributed by atoms with E-state index in [4.69, 9.17) is 4.42 Å². The van der Waals surface area contributed by atoms with Gasteiger partial charge in [0.2, 0.25) is 5.91 Å². The second kappa shape index (κ2) is 9.72. The molecule has 5 aromatic rings. The van der Waals surface area contributed by atoms with Crippen LogP contribution in [-0.4, -0.2) is 20.9 Å². The summed E-state index contributed by atoms with van der Waals surface area (Å²) in [5.74, 6) is 1.54. The maximum Gasteiger partial charge on any atom is 0.248 e. The van der Waals surface area contributed by atoms with Crippen molar-refractivity contribution in [3.05, 3.63) is 101 Å². The number of furan rings is 1. The van der Waals surface area contributed by atoms with Crippen LogP contribution in [0.5, 0.6) is 0 Å². The second-order valence-corrected chi connectivity index (χ2v) is 9.39. The molecule has 6 nitrogen and oxygen atoms in total. The van der Waals surface area contributed by atoms with Gasteiger partial charge in [-0.1, -0.05) is 54.0 Å². The number of amides is 1. The monoisotopic (exact) mass is 526 g/mol. The molecule has 2 aromatic heterocycles. The molecule has 7 heteroatoms. The third kappa shape index (κ3) is 5.25. The van der Waals surface area contributed by atoms with Crippen LogP contribution in [0.15, 0.2) is 93.8 Å². The third-order valence-corrected chi connectivity index (χ3v) is 6.12.